The van der Waals surface area contributed by atoms with Crippen LogP contribution in [0, 0.1) is 6.92 Å². The Bertz CT molecular complexity index is 1030. The first kappa shape index (κ1) is 16.5. The molecule has 1 aromatic heterocycles. The van der Waals surface area contributed by atoms with Crippen LogP contribution in [-0.2, 0) is 6.54 Å². The average molecular weight is 334 g/mol. The van der Waals surface area contributed by atoms with Gasteiger partial charge in [0.1, 0.15) is 11.3 Å². The van der Waals surface area contributed by atoms with Gasteiger partial charge in [-0.2, -0.15) is 0 Å². The number of para-hydroxylation sites is 2. The molecule has 0 spiro atoms. The molecular weight excluding hydrogens is 316 g/mol. The lowest BCUT2D eigenvalue weighted by Gasteiger charge is -2.14. The molecule has 0 aliphatic rings. The highest BCUT2D eigenvalue weighted by atomic mass is 16.3. The van der Waals surface area contributed by atoms with Gasteiger partial charge < -0.3 is 15.0 Å². The summed E-state index contributed by atoms with van der Waals surface area (Å²) in [5, 5.41) is 13.7. The van der Waals surface area contributed by atoms with Crippen molar-refractivity contribution >= 4 is 22.5 Å². The summed E-state index contributed by atoms with van der Waals surface area (Å²) in [6.07, 6.45) is 1.58. The molecule has 0 aliphatic carbocycles. The van der Waals surface area contributed by atoms with Crippen molar-refractivity contribution < 1.29 is 9.90 Å². The number of aromatic nitrogens is 1. The zero-order chi connectivity index (χ0) is 18.0. The van der Waals surface area contributed by atoms with Gasteiger partial charge in [0.25, 0.3) is 11.5 Å². The van der Waals surface area contributed by atoms with E-state index in [1.165, 1.54) is 4.57 Å². The van der Waals surface area contributed by atoms with E-state index in [2.05, 4.69) is 11.9 Å². The van der Waals surface area contributed by atoms with E-state index in [1.807, 2.05) is 19.1 Å². The van der Waals surface area contributed by atoms with Gasteiger partial charge in [-0.1, -0.05) is 36.4 Å². The number of benzene rings is 2. The monoisotopic (exact) mass is 334 g/mol. The van der Waals surface area contributed by atoms with Gasteiger partial charge >= 0.3 is 0 Å². The number of amides is 1. The summed E-state index contributed by atoms with van der Waals surface area (Å²) in [5.41, 5.74) is 1.18. The van der Waals surface area contributed by atoms with Crippen molar-refractivity contribution in [1.82, 2.24) is 4.57 Å². The third-order valence-corrected chi connectivity index (χ3v) is 4.08. The molecule has 25 heavy (non-hydrogen) atoms. The van der Waals surface area contributed by atoms with Crippen molar-refractivity contribution in [1.29, 1.82) is 0 Å². The Morgan fingerprint density at radius 2 is 1.88 bits per heavy atom. The van der Waals surface area contributed by atoms with E-state index < -0.39 is 11.5 Å². The van der Waals surface area contributed by atoms with Gasteiger partial charge in [0.05, 0.1) is 5.52 Å². The number of pyridine rings is 1. The average Bonchev–Trinajstić information content (AvgIpc) is 2.61. The molecule has 0 fully saturated rings. The molecule has 0 radical (unpaired) electrons. The fourth-order valence-electron chi connectivity index (χ4n) is 2.80. The van der Waals surface area contributed by atoms with Crippen LogP contribution in [0.1, 0.15) is 15.9 Å². The number of fused-ring (bicyclic) bond motifs is 1. The molecule has 5 heteroatoms. The van der Waals surface area contributed by atoms with E-state index in [1.54, 1.807) is 42.5 Å². The van der Waals surface area contributed by atoms with E-state index in [-0.39, 0.29) is 17.9 Å². The molecule has 2 N–H and O–H groups in total. The zero-order valence-electron chi connectivity index (χ0n) is 13.8. The maximum atomic E-state index is 12.8. The minimum absolute atomic E-state index is 0.240. The molecule has 126 valence electrons. The van der Waals surface area contributed by atoms with Crippen molar-refractivity contribution in [3.8, 4) is 5.75 Å². The summed E-state index contributed by atoms with van der Waals surface area (Å²) in [6, 6.07) is 14.2. The SMILES string of the molecule is C=CCn1c(=O)c(C(=O)Nc2ccccc2C)c(O)c2ccccc21. The number of rotatable bonds is 4. The van der Waals surface area contributed by atoms with Gasteiger partial charge in [0, 0.05) is 17.6 Å². The quantitative estimate of drug-likeness (QED) is 0.718. The van der Waals surface area contributed by atoms with Gasteiger partial charge in [0.15, 0.2) is 0 Å². The summed E-state index contributed by atoms with van der Waals surface area (Å²) in [5.74, 6) is -0.952. The Kier molecular flexibility index (Phi) is 4.39. The summed E-state index contributed by atoms with van der Waals surface area (Å²) < 4.78 is 1.43. The molecule has 1 heterocycles. The molecule has 3 aromatic rings. The molecule has 0 saturated heterocycles. The standard InChI is InChI=1S/C20H18N2O3/c1-3-12-22-16-11-7-5-9-14(16)18(23)17(20(22)25)19(24)21-15-10-6-4-8-13(15)2/h3-11,23H,1,12H2,2H3,(H,21,24). The van der Waals surface area contributed by atoms with Crippen LogP contribution in [0.3, 0.4) is 0 Å². The number of nitrogens with zero attached hydrogens (tertiary/aromatic N) is 1. The summed E-state index contributed by atoms with van der Waals surface area (Å²) >= 11 is 0. The minimum atomic E-state index is -0.639. The van der Waals surface area contributed by atoms with E-state index >= 15 is 0 Å². The van der Waals surface area contributed by atoms with Crippen LogP contribution in [0.25, 0.3) is 10.9 Å². The van der Waals surface area contributed by atoms with Gasteiger partial charge in [-0.15, -0.1) is 6.58 Å². The lowest BCUT2D eigenvalue weighted by Crippen LogP contribution is -2.29. The van der Waals surface area contributed by atoms with E-state index in [0.717, 1.165) is 5.56 Å². The van der Waals surface area contributed by atoms with Crippen LogP contribution in [0.15, 0.2) is 66.0 Å². The molecular formula is C20H18N2O3. The highest BCUT2D eigenvalue weighted by Gasteiger charge is 2.22. The number of hydrogen-bond donors (Lipinski definition) is 2. The molecule has 2 aromatic carbocycles. The maximum Gasteiger partial charge on any atom is 0.268 e. The highest BCUT2D eigenvalue weighted by Crippen LogP contribution is 2.27. The van der Waals surface area contributed by atoms with Crippen LogP contribution < -0.4 is 10.9 Å². The fourth-order valence-corrected chi connectivity index (χ4v) is 2.80. The van der Waals surface area contributed by atoms with Gasteiger partial charge in [-0.25, -0.2) is 0 Å². The lowest BCUT2D eigenvalue weighted by atomic mass is 10.1. The topological polar surface area (TPSA) is 71.3 Å². The predicted octanol–water partition coefficient (Wildman–Crippen LogP) is 3.45. The smallest absolute Gasteiger partial charge is 0.268 e. The third-order valence-electron chi connectivity index (χ3n) is 4.08. The van der Waals surface area contributed by atoms with Gasteiger partial charge in [-0.3, -0.25) is 9.59 Å². The third kappa shape index (κ3) is 2.92. The Morgan fingerprint density at radius 1 is 1.20 bits per heavy atom. The maximum absolute atomic E-state index is 12.8. The molecule has 0 aliphatic heterocycles. The molecule has 0 unspecified atom stereocenters. The number of allylic oxidation sites excluding steroid dienone is 1. The van der Waals surface area contributed by atoms with E-state index in [4.69, 9.17) is 0 Å². The number of carbonyl (C=O) groups excluding carboxylic acids is 1. The molecule has 0 bridgehead atoms. The lowest BCUT2D eigenvalue weighted by molar-refractivity contribution is 0.102. The predicted molar refractivity (Wildman–Crippen MR) is 99.2 cm³/mol. The van der Waals surface area contributed by atoms with Gasteiger partial charge in [-0.05, 0) is 30.7 Å². The fraction of sp³-hybridized carbons (Fsp3) is 0.100. The molecule has 5 nitrogen and oxygen atoms in total. The van der Waals surface area contributed by atoms with E-state index in [0.29, 0.717) is 16.6 Å². The Balaban J connectivity index is 2.19. The molecule has 1 amide bonds. The van der Waals surface area contributed by atoms with Crippen LogP contribution in [0.5, 0.6) is 5.75 Å². The summed E-state index contributed by atoms with van der Waals surface area (Å²) in [4.78, 5) is 25.5. The summed E-state index contributed by atoms with van der Waals surface area (Å²) in [7, 11) is 0. The van der Waals surface area contributed by atoms with Crippen LogP contribution in [0.4, 0.5) is 5.69 Å². The molecule has 3 rings (SSSR count). The number of carbonyl (C=O) groups is 1. The first-order chi connectivity index (χ1) is 12.0. The van der Waals surface area contributed by atoms with Crippen molar-refractivity contribution in [3.05, 3.63) is 82.7 Å². The van der Waals surface area contributed by atoms with E-state index in [9.17, 15) is 14.7 Å². The molecule has 0 atom stereocenters. The Hall–Kier alpha value is -3.34. The number of nitrogens with one attached hydrogen (secondary N) is 1. The van der Waals surface area contributed by atoms with Crippen molar-refractivity contribution in [2.75, 3.05) is 5.32 Å². The number of aromatic hydroxyl groups is 1. The molecule has 0 saturated carbocycles. The zero-order valence-corrected chi connectivity index (χ0v) is 13.8. The van der Waals surface area contributed by atoms with Gasteiger partial charge in [0.2, 0.25) is 0 Å². The van der Waals surface area contributed by atoms with Crippen molar-refractivity contribution in [3.63, 3.8) is 0 Å². The van der Waals surface area contributed by atoms with Crippen LogP contribution >= 0.6 is 0 Å². The van der Waals surface area contributed by atoms with Crippen molar-refractivity contribution in [2.45, 2.75) is 13.5 Å². The minimum Gasteiger partial charge on any atom is -0.506 e. The second kappa shape index (κ2) is 6.65. The Labute approximate surface area is 144 Å². The number of anilines is 1. The number of aryl methyl sites for hydroxylation is 1. The second-order valence-corrected chi connectivity index (χ2v) is 5.71. The van der Waals surface area contributed by atoms with Crippen LogP contribution in [-0.4, -0.2) is 15.6 Å². The first-order valence-electron chi connectivity index (χ1n) is 7.87. The first-order valence-corrected chi connectivity index (χ1v) is 7.87. The van der Waals surface area contributed by atoms with Crippen molar-refractivity contribution in [2.24, 2.45) is 0 Å². The Morgan fingerprint density at radius 3 is 2.60 bits per heavy atom. The highest BCUT2D eigenvalue weighted by molar-refractivity contribution is 6.09. The summed E-state index contributed by atoms with van der Waals surface area (Å²) in [6.45, 7) is 5.75. The normalized spacial score (nSPS) is 10.6. The second-order valence-electron chi connectivity index (χ2n) is 5.71. The largest absolute Gasteiger partial charge is 0.506 e. The van der Waals surface area contributed by atoms with Crippen LogP contribution in [0.2, 0.25) is 0 Å². The number of hydrogen-bond acceptors (Lipinski definition) is 3.